The number of hydrogen-bond acceptors (Lipinski definition) is 2. The Morgan fingerprint density at radius 1 is 1.14 bits per heavy atom. The van der Waals surface area contributed by atoms with Gasteiger partial charge in [0.1, 0.15) is 11.6 Å². The van der Waals surface area contributed by atoms with Gasteiger partial charge in [-0.3, -0.25) is 0 Å². The van der Waals surface area contributed by atoms with E-state index >= 15 is 0 Å². The zero-order valence-corrected chi connectivity index (χ0v) is 12.2. The molecule has 1 aromatic heterocycles. The summed E-state index contributed by atoms with van der Waals surface area (Å²) >= 11 is 0. The van der Waals surface area contributed by atoms with Gasteiger partial charge < -0.3 is 9.88 Å². The van der Waals surface area contributed by atoms with Crippen LogP contribution in [0.15, 0.2) is 42.5 Å². The monoisotopic (exact) mass is 283 g/mol. The molecule has 0 fully saturated rings. The van der Waals surface area contributed by atoms with Crippen LogP contribution in [0.2, 0.25) is 0 Å². The molecule has 0 saturated heterocycles. The molecule has 0 bridgehead atoms. The van der Waals surface area contributed by atoms with Crippen LogP contribution in [0.3, 0.4) is 0 Å². The minimum Gasteiger partial charge on any atom is -0.388 e. The third-order valence-corrected chi connectivity index (χ3v) is 3.59. The number of imidazole rings is 1. The Labute approximate surface area is 123 Å². The first kappa shape index (κ1) is 13.6. The SMILES string of the molecule is CCCn1c(-c2ccc(NC)cc2)nc2cc(F)ccc21. The van der Waals surface area contributed by atoms with Gasteiger partial charge >= 0.3 is 0 Å². The Bertz CT molecular complexity index is 760. The number of hydrogen-bond donors (Lipinski definition) is 1. The molecule has 2 aromatic carbocycles. The molecule has 0 aliphatic heterocycles. The van der Waals surface area contributed by atoms with Crippen LogP contribution in [0.1, 0.15) is 13.3 Å². The van der Waals surface area contributed by atoms with Gasteiger partial charge in [0.2, 0.25) is 0 Å². The molecule has 108 valence electrons. The van der Waals surface area contributed by atoms with Gasteiger partial charge in [0, 0.05) is 30.9 Å². The fraction of sp³-hybridized carbons (Fsp3) is 0.235. The minimum atomic E-state index is -0.249. The lowest BCUT2D eigenvalue weighted by atomic mass is 10.2. The molecule has 3 aromatic rings. The number of halogens is 1. The van der Waals surface area contributed by atoms with Crippen LogP contribution < -0.4 is 5.32 Å². The number of rotatable bonds is 4. The molecule has 0 aliphatic carbocycles. The van der Waals surface area contributed by atoms with Crippen molar-refractivity contribution in [3.63, 3.8) is 0 Å². The molecule has 0 aliphatic rings. The van der Waals surface area contributed by atoms with Crippen molar-refractivity contribution in [1.29, 1.82) is 0 Å². The zero-order chi connectivity index (χ0) is 14.8. The van der Waals surface area contributed by atoms with Gasteiger partial charge in [-0.15, -0.1) is 0 Å². The molecule has 0 atom stereocenters. The van der Waals surface area contributed by atoms with E-state index in [2.05, 4.69) is 21.8 Å². The molecule has 3 rings (SSSR count). The molecule has 21 heavy (non-hydrogen) atoms. The van der Waals surface area contributed by atoms with Crippen molar-refractivity contribution in [3.8, 4) is 11.4 Å². The summed E-state index contributed by atoms with van der Waals surface area (Å²) in [5.41, 5.74) is 3.78. The maximum Gasteiger partial charge on any atom is 0.141 e. The van der Waals surface area contributed by atoms with Crippen molar-refractivity contribution in [2.24, 2.45) is 0 Å². The molecule has 1 N–H and O–H groups in total. The molecule has 0 spiro atoms. The van der Waals surface area contributed by atoms with Crippen LogP contribution >= 0.6 is 0 Å². The maximum absolute atomic E-state index is 13.4. The highest BCUT2D eigenvalue weighted by atomic mass is 19.1. The van der Waals surface area contributed by atoms with E-state index in [-0.39, 0.29) is 5.82 Å². The predicted molar refractivity (Wildman–Crippen MR) is 85.0 cm³/mol. The third-order valence-electron chi connectivity index (χ3n) is 3.59. The van der Waals surface area contributed by atoms with Crippen LogP contribution in [-0.2, 0) is 6.54 Å². The van der Waals surface area contributed by atoms with Crippen molar-refractivity contribution in [1.82, 2.24) is 9.55 Å². The van der Waals surface area contributed by atoms with Crippen LogP contribution in [-0.4, -0.2) is 16.6 Å². The van der Waals surface area contributed by atoms with E-state index in [0.29, 0.717) is 5.52 Å². The van der Waals surface area contributed by atoms with Crippen molar-refractivity contribution < 1.29 is 4.39 Å². The first-order valence-electron chi connectivity index (χ1n) is 7.17. The summed E-state index contributed by atoms with van der Waals surface area (Å²) in [6, 6.07) is 12.9. The van der Waals surface area contributed by atoms with Crippen molar-refractivity contribution >= 4 is 16.7 Å². The second-order valence-electron chi connectivity index (χ2n) is 5.05. The first-order valence-corrected chi connectivity index (χ1v) is 7.17. The highest BCUT2D eigenvalue weighted by Crippen LogP contribution is 2.26. The van der Waals surface area contributed by atoms with Crippen LogP contribution in [0.5, 0.6) is 0 Å². The van der Waals surface area contributed by atoms with Crippen molar-refractivity contribution in [2.75, 3.05) is 12.4 Å². The molecule has 0 saturated carbocycles. The summed E-state index contributed by atoms with van der Waals surface area (Å²) in [5, 5.41) is 3.10. The van der Waals surface area contributed by atoms with E-state index in [4.69, 9.17) is 0 Å². The molecule has 0 amide bonds. The Morgan fingerprint density at radius 2 is 1.90 bits per heavy atom. The number of benzene rings is 2. The fourth-order valence-corrected chi connectivity index (χ4v) is 2.56. The third kappa shape index (κ3) is 2.49. The number of nitrogens with one attached hydrogen (secondary N) is 1. The number of anilines is 1. The van der Waals surface area contributed by atoms with E-state index < -0.39 is 0 Å². The Morgan fingerprint density at radius 3 is 2.57 bits per heavy atom. The topological polar surface area (TPSA) is 29.9 Å². The van der Waals surface area contributed by atoms with E-state index in [9.17, 15) is 4.39 Å². The molecular formula is C17H18FN3. The second kappa shape index (κ2) is 5.56. The van der Waals surface area contributed by atoms with Gasteiger partial charge in [0.15, 0.2) is 0 Å². The highest BCUT2D eigenvalue weighted by Gasteiger charge is 2.12. The quantitative estimate of drug-likeness (QED) is 0.774. The summed E-state index contributed by atoms with van der Waals surface area (Å²) in [7, 11) is 1.89. The zero-order valence-electron chi connectivity index (χ0n) is 12.2. The summed E-state index contributed by atoms with van der Waals surface area (Å²) in [4.78, 5) is 4.62. The molecule has 0 unspecified atom stereocenters. The van der Waals surface area contributed by atoms with Crippen LogP contribution in [0, 0.1) is 5.82 Å². The van der Waals surface area contributed by atoms with E-state index in [1.807, 2.05) is 31.3 Å². The lowest BCUT2D eigenvalue weighted by Gasteiger charge is -2.08. The molecule has 4 heteroatoms. The maximum atomic E-state index is 13.4. The van der Waals surface area contributed by atoms with Gasteiger partial charge in [-0.05, 0) is 42.8 Å². The number of aryl methyl sites for hydroxylation is 1. The average molecular weight is 283 g/mol. The van der Waals surface area contributed by atoms with Crippen molar-refractivity contribution in [3.05, 3.63) is 48.3 Å². The second-order valence-corrected chi connectivity index (χ2v) is 5.05. The van der Waals surface area contributed by atoms with E-state index in [1.165, 1.54) is 12.1 Å². The normalized spacial score (nSPS) is 11.0. The molecule has 3 nitrogen and oxygen atoms in total. The number of fused-ring (bicyclic) bond motifs is 1. The van der Waals surface area contributed by atoms with E-state index in [0.717, 1.165) is 35.6 Å². The molecule has 1 heterocycles. The number of aromatic nitrogens is 2. The summed E-state index contributed by atoms with van der Waals surface area (Å²) < 4.78 is 15.6. The minimum absolute atomic E-state index is 0.249. The summed E-state index contributed by atoms with van der Waals surface area (Å²) in [6.45, 7) is 2.99. The Hall–Kier alpha value is -2.36. The highest BCUT2D eigenvalue weighted by molar-refractivity contribution is 5.81. The fourth-order valence-electron chi connectivity index (χ4n) is 2.56. The largest absolute Gasteiger partial charge is 0.388 e. The first-order chi connectivity index (χ1) is 10.2. The average Bonchev–Trinajstić information content (AvgIpc) is 2.85. The van der Waals surface area contributed by atoms with Gasteiger partial charge in [-0.1, -0.05) is 6.92 Å². The lowest BCUT2D eigenvalue weighted by Crippen LogP contribution is -1.99. The predicted octanol–water partition coefficient (Wildman–Crippen LogP) is 4.29. The lowest BCUT2D eigenvalue weighted by molar-refractivity contribution is 0.629. The van der Waals surface area contributed by atoms with Gasteiger partial charge in [-0.2, -0.15) is 0 Å². The molecule has 0 radical (unpaired) electrons. The Balaban J connectivity index is 2.17. The molecular weight excluding hydrogens is 265 g/mol. The standard InChI is InChI=1S/C17H18FN3/c1-3-10-21-16-9-6-13(18)11-15(16)20-17(21)12-4-7-14(19-2)8-5-12/h4-9,11,19H,3,10H2,1-2H3. The van der Waals surface area contributed by atoms with Gasteiger partial charge in [-0.25, -0.2) is 9.37 Å². The van der Waals surface area contributed by atoms with E-state index in [1.54, 1.807) is 6.07 Å². The summed E-state index contributed by atoms with van der Waals surface area (Å²) in [6.07, 6.45) is 1.00. The Kier molecular flexibility index (Phi) is 3.60. The van der Waals surface area contributed by atoms with Crippen LogP contribution in [0.4, 0.5) is 10.1 Å². The van der Waals surface area contributed by atoms with Crippen LogP contribution in [0.25, 0.3) is 22.4 Å². The summed E-state index contributed by atoms with van der Waals surface area (Å²) in [5.74, 6) is 0.640. The van der Waals surface area contributed by atoms with Gasteiger partial charge in [0.05, 0.1) is 11.0 Å². The van der Waals surface area contributed by atoms with Gasteiger partial charge in [0.25, 0.3) is 0 Å². The smallest absolute Gasteiger partial charge is 0.141 e. The van der Waals surface area contributed by atoms with Crippen molar-refractivity contribution in [2.45, 2.75) is 19.9 Å². The number of nitrogens with zero attached hydrogens (tertiary/aromatic N) is 2.